The van der Waals surface area contributed by atoms with Gasteiger partial charge in [0.05, 0.1) is 18.3 Å². The second-order valence-corrected chi connectivity index (χ2v) is 5.34. The van der Waals surface area contributed by atoms with Gasteiger partial charge in [0, 0.05) is 8.95 Å². The Labute approximate surface area is 133 Å². The molecule has 0 bridgehead atoms. The van der Waals surface area contributed by atoms with Crippen LogP contribution in [-0.2, 0) is 9.53 Å². The van der Waals surface area contributed by atoms with Crippen LogP contribution in [0.1, 0.15) is 18.5 Å². The van der Waals surface area contributed by atoms with Gasteiger partial charge in [0.1, 0.15) is 0 Å². The summed E-state index contributed by atoms with van der Waals surface area (Å²) in [6, 6.07) is 2.12. The smallest absolute Gasteiger partial charge is 0.342 e. The first-order chi connectivity index (χ1) is 8.38. The highest BCUT2D eigenvalue weighted by Crippen LogP contribution is 2.33. The van der Waals surface area contributed by atoms with Crippen LogP contribution in [0.15, 0.2) is 21.1 Å². The number of hydrogen-bond acceptors (Lipinski definition) is 4. The van der Waals surface area contributed by atoms with Crippen molar-refractivity contribution in [1.29, 1.82) is 0 Å². The topological polar surface area (TPSA) is 78.3 Å². The van der Waals surface area contributed by atoms with Gasteiger partial charge in [-0.25, -0.2) is 9.18 Å². The fourth-order valence-corrected chi connectivity index (χ4v) is 2.66. The van der Waals surface area contributed by atoms with E-state index < -0.39 is 18.2 Å². The van der Waals surface area contributed by atoms with Crippen LogP contribution < -0.4 is 11.5 Å². The Morgan fingerprint density at radius 2 is 2.05 bits per heavy atom. The van der Waals surface area contributed by atoms with Crippen LogP contribution in [0.5, 0.6) is 0 Å². The number of halogens is 4. The second kappa shape index (κ2) is 8.04. The van der Waals surface area contributed by atoms with E-state index in [0.29, 0.717) is 20.2 Å². The van der Waals surface area contributed by atoms with Crippen LogP contribution in [0.4, 0.5) is 10.1 Å². The van der Waals surface area contributed by atoms with E-state index in [1.54, 1.807) is 19.1 Å². The maximum absolute atomic E-state index is 13.8. The first-order valence-electron chi connectivity index (χ1n) is 5.19. The Balaban J connectivity index is 0.00000324. The van der Waals surface area contributed by atoms with E-state index in [9.17, 15) is 9.18 Å². The number of rotatable bonds is 4. The van der Waals surface area contributed by atoms with Crippen LogP contribution in [0.3, 0.4) is 0 Å². The second-order valence-electron chi connectivity index (χ2n) is 3.57. The molecular weight excluding hydrogens is 406 g/mol. The fourth-order valence-electron chi connectivity index (χ4n) is 1.41. The molecule has 8 heteroatoms. The zero-order valence-corrected chi connectivity index (χ0v) is 14.0. The number of alkyl halides is 1. The number of esters is 1. The van der Waals surface area contributed by atoms with Gasteiger partial charge >= 0.3 is 5.97 Å². The Morgan fingerprint density at radius 3 is 2.58 bits per heavy atom. The van der Waals surface area contributed by atoms with E-state index in [1.165, 1.54) is 0 Å². The van der Waals surface area contributed by atoms with Gasteiger partial charge in [-0.3, -0.25) is 0 Å². The zero-order chi connectivity index (χ0) is 13.9. The van der Waals surface area contributed by atoms with Crippen molar-refractivity contribution in [2.24, 2.45) is 5.73 Å². The molecule has 1 aromatic rings. The van der Waals surface area contributed by atoms with Gasteiger partial charge in [0.25, 0.3) is 0 Å². The van der Waals surface area contributed by atoms with Crippen LogP contribution in [0.25, 0.3) is 0 Å². The van der Waals surface area contributed by atoms with Crippen LogP contribution in [-0.4, -0.2) is 18.7 Å². The van der Waals surface area contributed by atoms with Crippen LogP contribution in [0.2, 0.25) is 0 Å². The lowest BCUT2D eigenvalue weighted by molar-refractivity contribution is -0.149. The number of carbonyl (C=O) groups is 1. The quantitative estimate of drug-likeness (QED) is 0.580. The summed E-state index contributed by atoms with van der Waals surface area (Å²) in [5, 5.41) is 0. The number of benzene rings is 1. The predicted molar refractivity (Wildman–Crippen MR) is 82.0 cm³/mol. The first kappa shape index (κ1) is 18.6. The van der Waals surface area contributed by atoms with E-state index in [1.807, 2.05) is 0 Å². The standard InChI is InChI=1S/C11H13Br2FN2O2.ClH/c1-2-18-11(17)8(14)10(16)6-3-5(12)4-7(13)9(6)15;/h3-4,8,10H,2,15-16H2,1H3;1H/t8?,10-;/m0./s1. The third-order valence-corrected chi connectivity index (χ3v) is 3.43. The molecule has 0 radical (unpaired) electrons. The molecule has 0 saturated heterocycles. The minimum absolute atomic E-state index is 0. The Bertz CT molecular complexity index is 463. The van der Waals surface area contributed by atoms with Crippen molar-refractivity contribution < 1.29 is 13.9 Å². The predicted octanol–water partition coefficient (Wildman–Crippen LogP) is 3.12. The third kappa shape index (κ3) is 4.59. The molecule has 1 rings (SSSR count). The average Bonchev–Trinajstić information content (AvgIpc) is 2.32. The van der Waals surface area contributed by atoms with E-state index in [2.05, 4.69) is 36.6 Å². The van der Waals surface area contributed by atoms with Crippen molar-refractivity contribution in [1.82, 2.24) is 0 Å². The highest BCUT2D eigenvalue weighted by atomic mass is 79.9. The Hall–Kier alpha value is -0.370. The van der Waals surface area contributed by atoms with E-state index in [-0.39, 0.29) is 19.0 Å². The molecule has 0 spiro atoms. The molecule has 1 aromatic carbocycles. The maximum Gasteiger partial charge on any atom is 0.342 e. The van der Waals surface area contributed by atoms with Crippen LogP contribution >= 0.6 is 44.3 Å². The molecule has 19 heavy (non-hydrogen) atoms. The molecule has 0 aliphatic carbocycles. The molecule has 2 atom stereocenters. The van der Waals surface area contributed by atoms with Crippen molar-refractivity contribution in [3.05, 3.63) is 26.6 Å². The van der Waals surface area contributed by atoms with Crippen molar-refractivity contribution in [2.75, 3.05) is 12.3 Å². The third-order valence-electron chi connectivity index (χ3n) is 2.31. The van der Waals surface area contributed by atoms with Gasteiger partial charge in [0.2, 0.25) is 6.17 Å². The molecule has 0 aliphatic heterocycles. The molecule has 0 fully saturated rings. The molecule has 0 aromatic heterocycles. The molecule has 0 heterocycles. The Morgan fingerprint density at radius 1 is 1.47 bits per heavy atom. The monoisotopic (exact) mass is 418 g/mol. The lowest BCUT2D eigenvalue weighted by Crippen LogP contribution is -2.32. The highest BCUT2D eigenvalue weighted by Gasteiger charge is 2.29. The van der Waals surface area contributed by atoms with Gasteiger partial charge in [-0.1, -0.05) is 15.9 Å². The summed E-state index contributed by atoms with van der Waals surface area (Å²) < 4.78 is 19.7. The zero-order valence-electron chi connectivity index (χ0n) is 10.0. The van der Waals surface area contributed by atoms with E-state index >= 15 is 0 Å². The molecule has 4 N–H and O–H groups in total. The first-order valence-corrected chi connectivity index (χ1v) is 6.77. The van der Waals surface area contributed by atoms with Crippen molar-refractivity contribution in [3.63, 3.8) is 0 Å². The normalized spacial score (nSPS) is 13.3. The number of nitrogen functional groups attached to an aromatic ring is 1. The van der Waals surface area contributed by atoms with Crippen molar-refractivity contribution >= 4 is 55.9 Å². The lowest BCUT2D eigenvalue weighted by atomic mass is 10.0. The van der Waals surface area contributed by atoms with E-state index in [0.717, 1.165) is 0 Å². The summed E-state index contributed by atoms with van der Waals surface area (Å²) in [6.45, 7) is 1.70. The highest BCUT2D eigenvalue weighted by molar-refractivity contribution is 9.11. The maximum atomic E-state index is 13.8. The molecule has 4 nitrogen and oxygen atoms in total. The van der Waals surface area contributed by atoms with Crippen LogP contribution in [0, 0.1) is 0 Å². The van der Waals surface area contributed by atoms with Gasteiger partial charge < -0.3 is 16.2 Å². The molecular formula is C11H14Br2ClFN2O2. The number of anilines is 1. The molecule has 1 unspecified atom stereocenters. The summed E-state index contributed by atoms with van der Waals surface area (Å²) in [4.78, 5) is 11.3. The van der Waals surface area contributed by atoms with Gasteiger partial charge in [-0.05, 0) is 40.5 Å². The fraction of sp³-hybridized carbons (Fsp3) is 0.364. The lowest BCUT2D eigenvalue weighted by Gasteiger charge is -2.18. The van der Waals surface area contributed by atoms with Gasteiger partial charge in [-0.2, -0.15) is 0 Å². The van der Waals surface area contributed by atoms with Gasteiger partial charge in [0.15, 0.2) is 0 Å². The van der Waals surface area contributed by atoms with Crippen molar-refractivity contribution in [2.45, 2.75) is 19.1 Å². The number of hydrogen-bond donors (Lipinski definition) is 2. The van der Waals surface area contributed by atoms with Gasteiger partial charge in [-0.15, -0.1) is 12.4 Å². The molecule has 0 saturated carbocycles. The summed E-state index contributed by atoms with van der Waals surface area (Å²) >= 11 is 6.49. The summed E-state index contributed by atoms with van der Waals surface area (Å²) in [7, 11) is 0. The number of nitrogens with two attached hydrogens (primary N) is 2. The summed E-state index contributed by atoms with van der Waals surface area (Å²) in [5.41, 5.74) is 12.2. The SMILES string of the molecule is CCOC(=O)C(F)[C@@H](N)c1cc(Br)cc(Br)c1N.Cl. The molecule has 0 amide bonds. The average molecular weight is 421 g/mol. The van der Waals surface area contributed by atoms with Crippen molar-refractivity contribution in [3.8, 4) is 0 Å². The summed E-state index contributed by atoms with van der Waals surface area (Å²) in [5.74, 6) is -0.986. The van der Waals surface area contributed by atoms with E-state index in [4.69, 9.17) is 11.5 Å². The minimum atomic E-state index is -1.95. The summed E-state index contributed by atoms with van der Waals surface area (Å²) in [6.07, 6.45) is -1.95. The number of ether oxygens (including phenoxy) is 1. The largest absolute Gasteiger partial charge is 0.464 e. The Kier molecular flexibility index (Phi) is 7.88. The molecule has 0 aliphatic rings. The number of carbonyl (C=O) groups excluding carboxylic acids is 1. The molecule has 108 valence electrons. The minimum Gasteiger partial charge on any atom is -0.464 e.